The third kappa shape index (κ3) is 2.72. The molecule has 0 heterocycles. The largest absolute Gasteiger partial charge is 0.478 e. The Balaban J connectivity index is 3.27. The van der Waals surface area contributed by atoms with Crippen LogP contribution < -0.4 is 0 Å². The van der Waals surface area contributed by atoms with E-state index < -0.39 is 11.9 Å². The van der Waals surface area contributed by atoms with Gasteiger partial charge in [0.1, 0.15) is 5.40 Å². The molecule has 0 saturated carbocycles. The molecule has 0 atom stereocenters. The predicted molar refractivity (Wildman–Crippen MR) is 51.8 cm³/mol. The molecule has 0 aromatic heterocycles. The van der Waals surface area contributed by atoms with Crippen LogP contribution in [0.25, 0.3) is 0 Å². The van der Waals surface area contributed by atoms with E-state index in [0.29, 0.717) is 4.90 Å². The van der Waals surface area contributed by atoms with Crippen LogP contribution in [0.15, 0.2) is 23.1 Å². The number of nitriles is 1. The smallest absolute Gasteiger partial charge is 0.335 e. The molecule has 0 aliphatic carbocycles. The van der Waals surface area contributed by atoms with E-state index in [4.69, 9.17) is 15.5 Å². The van der Waals surface area contributed by atoms with Gasteiger partial charge in [-0.3, -0.25) is 0 Å². The van der Waals surface area contributed by atoms with Gasteiger partial charge in [0.05, 0.1) is 11.1 Å². The maximum absolute atomic E-state index is 10.6. The van der Waals surface area contributed by atoms with E-state index in [1.54, 1.807) is 5.40 Å². The van der Waals surface area contributed by atoms with Gasteiger partial charge < -0.3 is 10.2 Å². The number of thioether (sulfide) groups is 1. The molecule has 0 fully saturated rings. The van der Waals surface area contributed by atoms with Gasteiger partial charge in [-0.05, 0) is 30.0 Å². The molecule has 0 saturated heterocycles. The minimum Gasteiger partial charge on any atom is -0.478 e. The molecule has 1 rings (SSSR count). The summed E-state index contributed by atoms with van der Waals surface area (Å²) < 4.78 is 0. The van der Waals surface area contributed by atoms with E-state index in [9.17, 15) is 9.59 Å². The number of hydrogen-bond donors (Lipinski definition) is 2. The molecule has 0 aliphatic heterocycles. The predicted octanol–water partition coefficient (Wildman–Crippen LogP) is 1.66. The zero-order valence-electron chi connectivity index (χ0n) is 7.30. The van der Waals surface area contributed by atoms with Crippen molar-refractivity contribution in [1.29, 1.82) is 5.26 Å². The first-order valence-corrected chi connectivity index (χ1v) is 4.54. The molecule has 1 aromatic carbocycles. The van der Waals surface area contributed by atoms with Crippen LogP contribution in [-0.4, -0.2) is 22.2 Å². The normalized spacial score (nSPS) is 9.27. The number of rotatable bonds is 3. The van der Waals surface area contributed by atoms with Crippen LogP contribution in [0, 0.1) is 10.7 Å². The van der Waals surface area contributed by atoms with Crippen molar-refractivity contribution in [3.05, 3.63) is 29.3 Å². The Morgan fingerprint density at radius 1 is 1.13 bits per heavy atom. The Bertz CT molecular complexity index is 431. The van der Waals surface area contributed by atoms with Gasteiger partial charge in [-0.2, -0.15) is 5.26 Å². The SMILES string of the molecule is N#CSc1cc(C(=O)O)cc(C(=O)O)c1. The molecule has 0 radical (unpaired) electrons. The van der Waals surface area contributed by atoms with E-state index in [0.717, 1.165) is 17.8 Å². The molecular formula is C9H5NO4S. The van der Waals surface area contributed by atoms with E-state index in [-0.39, 0.29) is 11.1 Å². The van der Waals surface area contributed by atoms with Crippen molar-refractivity contribution in [2.24, 2.45) is 0 Å². The summed E-state index contributed by atoms with van der Waals surface area (Å²) >= 11 is 0.717. The average molecular weight is 223 g/mol. The molecule has 5 nitrogen and oxygen atoms in total. The molecule has 0 spiro atoms. The topological polar surface area (TPSA) is 98.4 Å². The summed E-state index contributed by atoms with van der Waals surface area (Å²) in [5, 5.41) is 27.5. The molecule has 1 aromatic rings. The van der Waals surface area contributed by atoms with E-state index in [1.807, 2.05) is 0 Å². The summed E-state index contributed by atoms with van der Waals surface area (Å²) in [5.41, 5.74) is -0.291. The monoisotopic (exact) mass is 223 g/mol. The third-order valence-electron chi connectivity index (χ3n) is 1.56. The zero-order chi connectivity index (χ0) is 11.4. The van der Waals surface area contributed by atoms with Crippen LogP contribution >= 0.6 is 11.8 Å². The van der Waals surface area contributed by atoms with Gasteiger partial charge in [0.2, 0.25) is 0 Å². The lowest BCUT2D eigenvalue weighted by Crippen LogP contribution is -2.02. The molecule has 76 valence electrons. The van der Waals surface area contributed by atoms with Crippen LogP contribution in [0.2, 0.25) is 0 Å². The number of hydrogen-bond acceptors (Lipinski definition) is 4. The van der Waals surface area contributed by atoms with Crippen molar-refractivity contribution >= 4 is 23.7 Å². The molecule has 2 N–H and O–H groups in total. The molecule has 0 bridgehead atoms. The zero-order valence-corrected chi connectivity index (χ0v) is 8.11. The third-order valence-corrected chi connectivity index (χ3v) is 2.13. The number of nitrogens with zero attached hydrogens (tertiary/aromatic N) is 1. The second-order valence-electron chi connectivity index (χ2n) is 2.55. The summed E-state index contributed by atoms with van der Waals surface area (Å²) in [5.74, 6) is -2.45. The molecule has 15 heavy (non-hydrogen) atoms. The van der Waals surface area contributed by atoms with Crippen molar-refractivity contribution in [1.82, 2.24) is 0 Å². The van der Waals surface area contributed by atoms with Crippen LogP contribution in [0.1, 0.15) is 20.7 Å². The lowest BCUT2D eigenvalue weighted by Gasteiger charge is -2.00. The van der Waals surface area contributed by atoms with Gasteiger partial charge in [0, 0.05) is 4.90 Å². The highest BCUT2D eigenvalue weighted by atomic mass is 32.2. The lowest BCUT2D eigenvalue weighted by molar-refractivity contribution is 0.0696. The summed E-state index contributed by atoms with van der Waals surface area (Å²) in [4.78, 5) is 21.6. The Morgan fingerprint density at radius 3 is 1.93 bits per heavy atom. The average Bonchev–Trinajstić information content (AvgIpc) is 2.17. The minimum atomic E-state index is -1.22. The number of benzene rings is 1. The number of thiocyanates is 1. The van der Waals surface area contributed by atoms with Gasteiger partial charge >= 0.3 is 11.9 Å². The molecule has 0 aliphatic rings. The Labute approximate surface area is 89.0 Å². The quantitative estimate of drug-likeness (QED) is 0.597. The highest BCUT2D eigenvalue weighted by Crippen LogP contribution is 2.20. The van der Waals surface area contributed by atoms with Crippen LogP contribution in [-0.2, 0) is 0 Å². The van der Waals surface area contributed by atoms with E-state index in [1.165, 1.54) is 12.1 Å². The first-order valence-electron chi connectivity index (χ1n) is 3.72. The van der Waals surface area contributed by atoms with Crippen LogP contribution in [0.3, 0.4) is 0 Å². The second kappa shape index (κ2) is 4.48. The lowest BCUT2D eigenvalue weighted by atomic mass is 10.1. The fraction of sp³-hybridized carbons (Fsp3) is 0. The fourth-order valence-electron chi connectivity index (χ4n) is 0.958. The van der Waals surface area contributed by atoms with E-state index >= 15 is 0 Å². The summed E-state index contributed by atoms with van der Waals surface area (Å²) in [6.45, 7) is 0. The van der Waals surface area contributed by atoms with Gasteiger partial charge in [-0.15, -0.1) is 0 Å². The van der Waals surface area contributed by atoms with Crippen molar-refractivity contribution in [2.45, 2.75) is 4.90 Å². The van der Waals surface area contributed by atoms with Crippen molar-refractivity contribution in [3.63, 3.8) is 0 Å². The number of carboxylic acids is 2. The summed E-state index contributed by atoms with van der Waals surface area (Å²) in [6, 6.07) is 3.55. The van der Waals surface area contributed by atoms with Crippen molar-refractivity contribution in [2.75, 3.05) is 0 Å². The number of carboxylic acid groups (broad SMARTS) is 2. The summed E-state index contributed by atoms with van der Waals surface area (Å²) in [7, 11) is 0. The standard InChI is InChI=1S/C9H5NO4S/c10-4-15-7-2-5(8(11)12)1-6(3-7)9(13)14/h1-3H,(H,11,12)(H,13,14). The second-order valence-corrected chi connectivity index (χ2v) is 3.41. The Kier molecular flexibility index (Phi) is 3.31. The first-order chi connectivity index (χ1) is 7.04. The number of carbonyl (C=O) groups is 2. The highest BCUT2D eigenvalue weighted by molar-refractivity contribution is 8.03. The molecule has 0 amide bonds. The fourth-order valence-corrected chi connectivity index (χ4v) is 1.43. The van der Waals surface area contributed by atoms with Gasteiger partial charge in [0.25, 0.3) is 0 Å². The molecular weight excluding hydrogens is 218 g/mol. The maximum Gasteiger partial charge on any atom is 0.335 e. The maximum atomic E-state index is 10.6. The van der Waals surface area contributed by atoms with Crippen LogP contribution in [0.4, 0.5) is 0 Å². The summed E-state index contributed by atoms with van der Waals surface area (Å²) in [6.07, 6.45) is 0. The Morgan fingerprint density at radius 2 is 1.60 bits per heavy atom. The first kappa shape index (κ1) is 11.1. The van der Waals surface area contributed by atoms with Gasteiger partial charge in [0.15, 0.2) is 0 Å². The highest BCUT2D eigenvalue weighted by Gasteiger charge is 2.11. The molecule has 6 heteroatoms. The minimum absolute atomic E-state index is 0.146. The van der Waals surface area contributed by atoms with Crippen molar-refractivity contribution < 1.29 is 19.8 Å². The Hall–Kier alpha value is -2.00. The van der Waals surface area contributed by atoms with Crippen LogP contribution in [0.5, 0.6) is 0 Å². The van der Waals surface area contributed by atoms with Gasteiger partial charge in [-0.25, -0.2) is 9.59 Å². The van der Waals surface area contributed by atoms with Crippen molar-refractivity contribution in [3.8, 4) is 5.40 Å². The van der Waals surface area contributed by atoms with E-state index in [2.05, 4.69) is 0 Å². The van der Waals surface area contributed by atoms with Gasteiger partial charge in [-0.1, -0.05) is 0 Å². The molecule has 0 unspecified atom stereocenters. The number of aromatic carboxylic acids is 2.